The van der Waals surface area contributed by atoms with Crippen molar-refractivity contribution >= 4 is 27.8 Å². The first-order valence-electron chi connectivity index (χ1n) is 6.31. The molecular formula is C14H18BrNO5. The van der Waals surface area contributed by atoms with Crippen molar-refractivity contribution in [2.24, 2.45) is 0 Å². The number of aliphatic carboxylic acids is 1. The molecule has 0 aliphatic heterocycles. The number of methoxy groups -OCH3 is 2. The maximum absolute atomic E-state index is 11.7. The van der Waals surface area contributed by atoms with Crippen molar-refractivity contribution in [1.82, 2.24) is 5.32 Å². The third-order valence-electron chi connectivity index (χ3n) is 2.82. The molecule has 1 amide bonds. The summed E-state index contributed by atoms with van der Waals surface area (Å²) in [6, 6.07) is 4.52. The van der Waals surface area contributed by atoms with E-state index in [-0.39, 0.29) is 18.9 Å². The van der Waals surface area contributed by atoms with Crippen molar-refractivity contribution in [3.8, 4) is 5.75 Å². The summed E-state index contributed by atoms with van der Waals surface area (Å²) in [6.07, 6.45) is 0.708. The lowest BCUT2D eigenvalue weighted by atomic mass is 10.1. The summed E-state index contributed by atoms with van der Waals surface area (Å²) >= 11 is 3.37. The lowest BCUT2D eigenvalue weighted by molar-refractivity contribution is -0.143. The molecule has 0 aromatic heterocycles. The number of carboxylic acids is 1. The predicted molar refractivity (Wildman–Crippen MR) is 80.5 cm³/mol. The minimum absolute atomic E-state index is 0.0604. The van der Waals surface area contributed by atoms with Gasteiger partial charge in [-0.1, -0.05) is 6.07 Å². The first-order chi connectivity index (χ1) is 9.97. The Morgan fingerprint density at radius 3 is 2.62 bits per heavy atom. The number of hydrogen-bond acceptors (Lipinski definition) is 4. The highest BCUT2D eigenvalue weighted by Crippen LogP contribution is 2.25. The van der Waals surface area contributed by atoms with Gasteiger partial charge in [0.1, 0.15) is 5.75 Å². The Bertz CT molecular complexity index is 506. The van der Waals surface area contributed by atoms with Gasteiger partial charge >= 0.3 is 5.97 Å². The number of carboxylic acid groups (broad SMARTS) is 1. The molecule has 0 saturated carbocycles. The number of hydrogen-bond donors (Lipinski definition) is 2. The Balaban J connectivity index is 2.52. The Morgan fingerprint density at radius 1 is 1.38 bits per heavy atom. The smallest absolute Gasteiger partial charge is 0.328 e. The average molecular weight is 360 g/mol. The zero-order chi connectivity index (χ0) is 15.8. The molecule has 6 nitrogen and oxygen atoms in total. The number of halogens is 1. The number of ether oxygens (including phenoxy) is 2. The SMILES string of the molecule is COCC(NC(=O)CCc1ccc(OC)c(Br)c1)C(=O)O. The third-order valence-corrected chi connectivity index (χ3v) is 3.44. The van der Waals surface area contributed by atoms with E-state index in [1.807, 2.05) is 18.2 Å². The van der Waals surface area contributed by atoms with Crippen LogP contribution in [0.2, 0.25) is 0 Å². The number of aryl methyl sites for hydroxylation is 1. The monoisotopic (exact) mass is 359 g/mol. The molecule has 116 valence electrons. The van der Waals surface area contributed by atoms with Crippen molar-refractivity contribution in [3.63, 3.8) is 0 Å². The van der Waals surface area contributed by atoms with Gasteiger partial charge in [0.15, 0.2) is 6.04 Å². The zero-order valence-corrected chi connectivity index (χ0v) is 13.5. The highest BCUT2D eigenvalue weighted by Gasteiger charge is 2.19. The largest absolute Gasteiger partial charge is 0.496 e. The van der Waals surface area contributed by atoms with Gasteiger partial charge < -0.3 is 19.9 Å². The number of benzene rings is 1. The molecule has 1 unspecified atom stereocenters. The number of carbonyl (C=O) groups is 2. The summed E-state index contributed by atoms with van der Waals surface area (Å²) in [7, 11) is 2.96. The molecule has 0 aliphatic rings. The third kappa shape index (κ3) is 5.73. The normalized spacial score (nSPS) is 11.8. The number of carbonyl (C=O) groups excluding carboxylic acids is 1. The first kappa shape index (κ1) is 17.5. The minimum atomic E-state index is -1.11. The van der Waals surface area contributed by atoms with E-state index < -0.39 is 12.0 Å². The molecule has 21 heavy (non-hydrogen) atoms. The van der Waals surface area contributed by atoms with Crippen molar-refractivity contribution in [3.05, 3.63) is 28.2 Å². The Hall–Kier alpha value is -1.60. The van der Waals surface area contributed by atoms with E-state index in [0.717, 1.165) is 10.0 Å². The van der Waals surface area contributed by atoms with Gasteiger partial charge in [0.2, 0.25) is 5.91 Å². The van der Waals surface area contributed by atoms with E-state index in [2.05, 4.69) is 21.2 Å². The molecular weight excluding hydrogens is 342 g/mol. The quantitative estimate of drug-likeness (QED) is 0.736. The molecule has 1 aromatic rings. The first-order valence-corrected chi connectivity index (χ1v) is 7.10. The summed E-state index contributed by atoms with van der Waals surface area (Å²) < 4.78 is 10.7. The molecule has 2 N–H and O–H groups in total. The summed E-state index contributed by atoms with van der Waals surface area (Å²) in [5, 5.41) is 11.3. The van der Waals surface area contributed by atoms with Gasteiger partial charge in [-0.2, -0.15) is 0 Å². The van der Waals surface area contributed by atoms with Crippen LogP contribution in [0.5, 0.6) is 5.75 Å². The Kier molecular flexibility index (Phi) is 7.18. The molecule has 0 aliphatic carbocycles. The summed E-state index contributed by atoms with van der Waals surface area (Å²) in [5.41, 5.74) is 0.955. The van der Waals surface area contributed by atoms with Gasteiger partial charge in [0.05, 0.1) is 18.2 Å². The summed E-state index contributed by atoms with van der Waals surface area (Å²) in [4.78, 5) is 22.6. The fourth-order valence-corrected chi connectivity index (χ4v) is 2.32. The lowest BCUT2D eigenvalue weighted by Gasteiger charge is -2.13. The van der Waals surface area contributed by atoms with Crippen molar-refractivity contribution in [2.75, 3.05) is 20.8 Å². The molecule has 7 heteroatoms. The Morgan fingerprint density at radius 2 is 2.10 bits per heavy atom. The maximum atomic E-state index is 11.7. The van der Waals surface area contributed by atoms with Crippen LogP contribution >= 0.6 is 15.9 Å². The van der Waals surface area contributed by atoms with Crippen LogP contribution in [-0.4, -0.2) is 43.9 Å². The molecule has 0 heterocycles. The Labute approximate surface area is 131 Å². The molecule has 0 radical (unpaired) electrons. The topological polar surface area (TPSA) is 84.9 Å². The lowest BCUT2D eigenvalue weighted by Crippen LogP contribution is -2.43. The second-order valence-corrected chi connectivity index (χ2v) is 5.24. The van der Waals surface area contributed by atoms with Gasteiger partial charge in [-0.05, 0) is 40.0 Å². The van der Waals surface area contributed by atoms with Crippen LogP contribution in [0.25, 0.3) is 0 Å². The second-order valence-electron chi connectivity index (χ2n) is 4.38. The van der Waals surface area contributed by atoms with E-state index in [9.17, 15) is 9.59 Å². The van der Waals surface area contributed by atoms with Crippen molar-refractivity contribution in [2.45, 2.75) is 18.9 Å². The van der Waals surface area contributed by atoms with Crippen LogP contribution in [0, 0.1) is 0 Å². The standard InChI is InChI=1S/C14H18BrNO5/c1-20-8-11(14(18)19)16-13(17)6-4-9-3-5-12(21-2)10(15)7-9/h3,5,7,11H,4,6,8H2,1-2H3,(H,16,17)(H,18,19). The molecule has 0 fully saturated rings. The van der Waals surface area contributed by atoms with Crippen LogP contribution in [0.15, 0.2) is 22.7 Å². The summed E-state index contributed by atoms with van der Waals surface area (Å²) in [5.74, 6) is -0.724. The van der Waals surface area contributed by atoms with E-state index in [4.69, 9.17) is 14.6 Å². The van der Waals surface area contributed by atoms with Crippen LogP contribution in [-0.2, 0) is 20.7 Å². The number of rotatable bonds is 8. The molecule has 0 bridgehead atoms. The van der Waals surface area contributed by atoms with Gasteiger partial charge in [-0.3, -0.25) is 4.79 Å². The van der Waals surface area contributed by atoms with E-state index in [1.165, 1.54) is 7.11 Å². The maximum Gasteiger partial charge on any atom is 0.328 e. The van der Waals surface area contributed by atoms with Gasteiger partial charge in [-0.15, -0.1) is 0 Å². The number of amides is 1. The van der Waals surface area contributed by atoms with E-state index in [0.29, 0.717) is 12.2 Å². The van der Waals surface area contributed by atoms with Crippen LogP contribution < -0.4 is 10.1 Å². The highest BCUT2D eigenvalue weighted by atomic mass is 79.9. The van der Waals surface area contributed by atoms with E-state index in [1.54, 1.807) is 7.11 Å². The fourth-order valence-electron chi connectivity index (χ4n) is 1.73. The van der Waals surface area contributed by atoms with E-state index >= 15 is 0 Å². The van der Waals surface area contributed by atoms with Gasteiger partial charge in [-0.25, -0.2) is 4.79 Å². The fraction of sp³-hybridized carbons (Fsp3) is 0.429. The molecule has 0 spiro atoms. The highest BCUT2D eigenvalue weighted by molar-refractivity contribution is 9.10. The molecule has 1 aromatic carbocycles. The molecule has 1 atom stereocenters. The molecule has 0 saturated heterocycles. The van der Waals surface area contributed by atoms with Crippen molar-refractivity contribution < 1.29 is 24.2 Å². The van der Waals surface area contributed by atoms with Crippen LogP contribution in [0.1, 0.15) is 12.0 Å². The minimum Gasteiger partial charge on any atom is -0.496 e. The van der Waals surface area contributed by atoms with Crippen LogP contribution in [0.3, 0.4) is 0 Å². The van der Waals surface area contributed by atoms with Crippen LogP contribution in [0.4, 0.5) is 0 Å². The van der Waals surface area contributed by atoms with Gasteiger partial charge in [0, 0.05) is 13.5 Å². The predicted octanol–water partition coefficient (Wildman–Crippen LogP) is 1.61. The second kappa shape index (κ2) is 8.63. The zero-order valence-electron chi connectivity index (χ0n) is 11.9. The van der Waals surface area contributed by atoms with Crippen molar-refractivity contribution in [1.29, 1.82) is 0 Å². The number of nitrogens with one attached hydrogen (secondary N) is 1. The summed E-state index contributed by atoms with van der Waals surface area (Å²) in [6.45, 7) is -0.0604. The molecule has 1 rings (SSSR count). The van der Waals surface area contributed by atoms with Gasteiger partial charge in [0.25, 0.3) is 0 Å². The average Bonchev–Trinajstić information content (AvgIpc) is 2.44.